The Kier molecular flexibility index (Phi) is 3.46. The molecule has 3 aromatic rings. The lowest BCUT2D eigenvalue weighted by Gasteiger charge is -2.29. The molecule has 2 aromatic heterocycles. The molecule has 0 bridgehead atoms. The van der Waals surface area contributed by atoms with Crippen molar-refractivity contribution in [3.05, 3.63) is 30.2 Å². The van der Waals surface area contributed by atoms with E-state index in [0.717, 1.165) is 35.6 Å². The van der Waals surface area contributed by atoms with Crippen molar-refractivity contribution in [2.75, 3.05) is 38.3 Å². The van der Waals surface area contributed by atoms with Crippen LogP contribution in [-0.4, -0.2) is 53.7 Å². The first-order valence-electron chi connectivity index (χ1n) is 7.67. The van der Waals surface area contributed by atoms with Crippen LogP contribution in [0.1, 0.15) is 10.5 Å². The highest BCUT2D eigenvalue weighted by Gasteiger charge is 2.22. The Morgan fingerprint density at radius 2 is 2.12 bits per heavy atom. The number of primary amides is 1. The van der Waals surface area contributed by atoms with E-state index in [-0.39, 0.29) is 5.69 Å². The van der Waals surface area contributed by atoms with Crippen LogP contribution in [0.15, 0.2) is 24.5 Å². The minimum atomic E-state index is -0.597. The fourth-order valence-electron chi connectivity index (χ4n) is 3.07. The largest absolute Gasteiger partial charge is 0.496 e. The Morgan fingerprint density at radius 1 is 1.33 bits per heavy atom. The number of aromatic nitrogens is 3. The van der Waals surface area contributed by atoms with E-state index in [1.165, 1.54) is 0 Å². The number of morpholine rings is 1. The van der Waals surface area contributed by atoms with Crippen molar-refractivity contribution in [2.24, 2.45) is 5.73 Å². The smallest absolute Gasteiger partial charge is 0.271 e. The molecule has 1 aromatic carbocycles. The number of nitrogens with two attached hydrogens (primary N) is 1. The standard InChI is InChI=1S/C16H17N5O3/c1-23-11-4-2-3-10-12(11)15(20-5-7-24-8-6-20)19-16-13(14(17)22)18-9-21(10)16/h2-4,9H,5-8H2,1H3,(H2,17,22). The average molecular weight is 327 g/mol. The van der Waals surface area contributed by atoms with Gasteiger partial charge in [-0.3, -0.25) is 9.20 Å². The summed E-state index contributed by atoms with van der Waals surface area (Å²) >= 11 is 0. The predicted octanol–water partition coefficient (Wildman–Crippen LogP) is 0.827. The second-order valence-electron chi connectivity index (χ2n) is 5.54. The lowest BCUT2D eigenvalue weighted by Crippen LogP contribution is -2.37. The van der Waals surface area contributed by atoms with Gasteiger partial charge in [0.25, 0.3) is 5.91 Å². The van der Waals surface area contributed by atoms with Crippen LogP contribution in [0.2, 0.25) is 0 Å². The molecule has 2 N–H and O–H groups in total. The molecule has 8 heteroatoms. The molecular formula is C16H17N5O3. The third-order valence-corrected chi connectivity index (χ3v) is 4.21. The summed E-state index contributed by atoms with van der Waals surface area (Å²) in [4.78, 5) is 22.6. The zero-order chi connectivity index (χ0) is 16.7. The van der Waals surface area contributed by atoms with E-state index < -0.39 is 5.91 Å². The summed E-state index contributed by atoms with van der Waals surface area (Å²) < 4.78 is 12.7. The van der Waals surface area contributed by atoms with Crippen LogP contribution < -0.4 is 15.4 Å². The molecule has 3 heterocycles. The summed E-state index contributed by atoms with van der Waals surface area (Å²) in [7, 11) is 1.63. The van der Waals surface area contributed by atoms with Gasteiger partial charge in [-0.15, -0.1) is 0 Å². The third-order valence-electron chi connectivity index (χ3n) is 4.21. The quantitative estimate of drug-likeness (QED) is 0.765. The van der Waals surface area contributed by atoms with E-state index in [0.29, 0.717) is 18.9 Å². The highest BCUT2D eigenvalue weighted by molar-refractivity contribution is 6.02. The van der Waals surface area contributed by atoms with Gasteiger partial charge in [-0.2, -0.15) is 0 Å². The number of ether oxygens (including phenoxy) is 2. The number of amides is 1. The Bertz CT molecular complexity index is 930. The first-order valence-corrected chi connectivity index (χ1v) is 7.67. The Balaban J connectivity index is 2.08. The molecule has 0 atom stereocenters. The highest BCUT2D eigenvalue weighted by Crippen LogP contribution is 2.34. The van der Waals surface area contributed by atoms with Gasteiger partial charge < -0.3 is 20.1 Å². The molecule has 1 amide bonds. The fraction of sp³-hybridized carbons (Fsp3) is 0.312. The van der Waals surface area contributed by atoms with E-state index >= 15 is 0 Å². The molecule has 124 valence electrons. The molecule has 8 nitrogen and oxygen atoms in total. The number of rotatable bonds is 3. The molecule has 1 aliphatic rings. The van der Waals surface area contributed by atoms with Crippen LogP contribution in [-0.2, 0) is 4.74 Å². The Hall–Kier alpha value is -2.87. The van der Waals surface area contributed by atoms with Gasteiger partial charge in [0.2, 0.25) is 0 Å². The second kappa shape index (κ2) is 5.64. The van der Waals surface area contributed by atoms with Gasteiger partial charge >= 0.3 is 0 Å². The van der Waals surface area contributed by atoms with Crippen molar-refractivity contribution >= 4 is 28.3 Å². The number of benzene rings is 1. The van der Waals surface area contributed by atoms with E-state index in [4.69, 9.17) is 20.2 Å². The summed E-state index contributed by atoms with van der Waals surface area (Å²) in [5.41, 5.74) is 6.91. The molecule has 1 saturated heterocycles. The molecule has 0 radical (unpaired) electrons. The van der Waals surface area contributed by atoms with Crippen LogP contribution >= 0.6 is 0 Å². The van der Waals surface area contributed by atoms with E-state index in [1.54, 1.807) is 17.8 Å². The first-order chi connectivity index (χ1) is 11.7. The molecule has 1 fully saturated rings. The number of methoxy groups -OCH3 is 1. The van der Waals surface area contributed by atoms with Gasteiger partial charge in [0.15, 0.2) is 11.3 Å². The number of hydrogen-bond acceptors (Lipinski definition) is 6. The predicted molar refractivity (Wildman–Crippen MR) is 88.6 cm³/mol. The first kappa shape index (κ1) is 14.7. The average Bonchev–Trinajstić information content (AvgIpc) is 3.05. The van der Waals surface area contributed by atoms with Crippen molar-refractivity contribution in [1.82, 2.24) is 14.4 Å². The zero-order valence-electron chi connectivity index (χ0n) is 13.2. The summed E-state index contributed by atoms with van der Waals surface area (Å²) in [6.07, 6.45) is 1.56. The lowest BCUT2D eigenvalue weighted by molar-refractivity contribution is 0.0997. The van der Waals surface area contributed by atoms with Gasteiger partial charge in [-0.1, -0.05) is 6.07 Å². The summed E-state index contributed by atoms with van der Waals surface area (Å²) in [5.74, 6) is 0.874. The molecule has 24 heavy (non-hydrogen) atoms. The fourth-order valence-corrected chi connectivity index (χ4v) is 3.07. The van der Waals surface area contributed by atoms with Crippen molar-refractivity contribution in [3.8, 4) is 5.75 Å². The van der Waals surface area contributed by atoms with E-state index in [2.05, 4.69) is 9.88 Å². The number of carbonyl (C=O) groups excluding carboxylic acids is 1. The van der Waals surface area contributed by atoms with Gasteiger partial charge in [0.1, 0.15) is 17.9 Å². The summed E-state index contributed by atoms with van der Waals surface area (Å²) in [6, 6.07) is 5.74. The number of hydrogen-bond donors (Lipinski definition) is 1. The maximum absolute atomic E-state index is 11.7. The molecule has 1 aliphatic heterocycles. The SMILES string of the molecule is COc1cccc2c1c(N1CCOCC1)nc1c(C(N)=O)ncn12. The Labute approximate surface area is 137 Å². The number of anilines is 1. The van der Waals surface area contributed by atoms with Gasteiger partial charge in [-0.05, 0) is 12.1 Å². The summed E-state index contributed by atoms with van der Waals surface area (Å²) in [5, 5.41) is 0.878. The minimum absolute atomic E-state index is 0.161. The van der Waals surface area contributed by atoms with Crippen LogP contribution in [0.25, 0.3) is 16.6 Å². The van der Waals surface area contributed by atoms with Gasteiger partial charge in [-0.25, -0.2) is 9.97 Å². The molecule has 0 unspecified atom stereocenters. The highest BCUT2D eigenvalue weighted by atomic mass is 16.5. The number of imidazole rings is 1. The Morgan fingerprint density at radius 3 is 2.83 bits per heavy atom. The second-order valence-corrected chi connectivity index (χ2v) is 5.54. The maximum atomic E-state index is 11.7. The third kappa shape index (κ3) is 2.15. The number of carbonyl (C=O) groups is 1. The number of fused-ring (bicyclic) bond motifs is 3. The molecule has 0 aliphatic carbocycles. The van der Waals surface area contributed by atoms with Crippen LogP contribution in [0.3, 0.4) is 0 Å². The van der Waals surface area contributed by atoms with Gasteiger partial charge in [0, 0.05) is 13.1 Å². The minimum Gasteiger partial charge on any atom is -0.496 e. The van der Waals surface area contributed by atoms with E-state index in [9.17, 15) is 4.79 Å². The van der Waals surface area contributed by atoms with E-state index in [1.807, 2.05) is 18.2 Å². The normalized spacial score (nSPS) is 15.1. The van der Waals surface area contributed by atoms with Crippen molar-refractivity contribution < 1.29 is 14.3 Å². The number of nitrogens with zero attached hydrogens (tertiary/aromatic N) is 4. The monoisotopic (exact) mass is 327 g/mol. The topological polar surface area (TPSA) is 95.0 Å². The molecular weight excluding hydrogens is 310 g/mol. The van der Waals surface area contributed by atoms with Crippen molar-refractivity contribution in [3.63, 3.8) is 0 Å². The van der Waals surface area contributed by atoms with Crippen LogP contribution in [0, 0.1) is 0 Å². The maximum Gasteiger partial charge on any atom is 0.271 e. The molecule has 0 spiro atoms. The van der Waals surface area contributed by atoms with Crippen LogP contribution in [0.4, 0.5) is 5.82 Å². The summed E-state index contributed by atoms with van der Waals surface area (Å²) in [6.45, 7) is 2.70. The van der Waals surface area contributed by atoms with Crippen molar-refractivity contribution in [2.45, 2.75) is 0 Å². The van der Waals surface area contributed by atoms with Gasteiger partial charge in [0.05, 0.1) is 31.2 Å². The lowest BCUT2D eigenvalue weighted by atomic mass is 10.2. The zero-order valence-corrected chi connectivity index (χ0v) is 13.2. The molecule has 0 saturated carbocycles. The van der Waals surface area contributed by atoms with Crippen molar-refractivity contribution in [1.29, 1.82) is 0 Å². The molecule has 4 rings (SSSR count). The van der Waals surface area contributed by atoms with Crippen LogP contribution in [0.5, 0.6) is 5.75 Å².